The molecule has 4 rings (SSSR count). The summed E-state index contributed by atoms with van der Waals surface area (Å²) in [6, 6.07) is 12.8. The lowest BCUT2D eigenvalue weighted by molar-refractivity contribution is -0.134. The lowest BCUT2D eigenvalue weighted by Gasteiger charge is -2.33. The molecule has 0 unspecified atom stereocenters. The molecule has 1 aromatic carbocycles. The summed E-state index contributed by atoms with van der Waals surface area (Å²) in [5, 5.41) is 5.85. The molecule has 2 amide bonds. The Labute approximate surface area is 171 Å². The van der Waals surface area contributed by atoms with Gasteiger partial charge in [-0.2, -0.15) is 0 Å². The standard InChI is InChI=1S/C23H28N4O2/c1-16(22(29)27-14-12-23(10-11-23)13-15-27)25-21(28)18-8-9-19(26-20(18)24-2)17-6-4-3-5-7-17/h3-9,16H,10-15H2,1-2H3,(H,24,26)(H,25,28)/t16-/m1/s1. The van der Waals surface area contributed by atoms with E-state index in [4.69, 9.17) is 0 Å². The van der Waals surface area contributed by atoms with E-state index in [-0.39, 0.29) is 11.8 Å². The fourth-order valence-corrected chi connectivity index (χ4v) is 4.09. The molecule has 1 aliphatic heterocycles. The van der Waals surface area contributed by atoms with Crippen molar-refractivity contribution in [1.29, 1.82) is 0 Å². The van der Waals surface area contributed by atoms with Crippen molar-refractivity contribution in [2.45, 2.75) is 38.6 Å². The number of hydrogen-bond donors (Lipinski definition) is 2. The molecule has 1 saturated heterocycles. The zero-order chi connectivity index (χ0) is 20.4. The van der Waals surface area contributed by atoms with Crippen LogP contribution in [0.15, 0.2) is 42.5 Å². The number of carbonyl (C=O) groups is 2. The number of likely N-dealkylation sites (tertiary alicyclic amines) is 1. The fraction of sp³-hybridized carbons (Fsp3) is 0.435. The average molecular weight is 393 g/mol. The number of hydrogen-bond acceptors (Lipinski definition) is 4. The first-order valence-electron chi connectivity index (χ1n) is 10.4. The maximum absolute atomic E-state index is 12.8. The Morgan fingerprint density at radius 2 is 1.72 bits per heavy atom. The van der Waals surface area contributed by atoms with E-state index in [9.17, 15) is 9.59 Å². The molecule has 6 nitrogen and oxygen atoms in total. The van der Waals surface area contributed by atoms with E-state index < -0.39 is 6.04 Å². The second-order valence-electron chi connectivity index (χ2n) is 8.23. The lowest BCUT2D eigenvalue weighted by Crippen LogP contribution is -2.49. The Balaban J connectivity index is 1.42. The number of nitrogens with zero attached hydrogens (tertiary/aromatic N) is 2. The van der Waals surface area contributed by atoms with Crippen LogP contribution < -0.4 is 10.6 Å². The minimum atomic E-state index is -0.561. The molecule has 2 heterocycles. The molecule has 2 aromatic rings. The number of piperidine rings is 1. The molecule has 29 heavy (non-hydrogen) atoms. The first-order valence-corrected chi connectivity index (χ1v) is 10.4. The van der Waals surface area contributed by atoms with Gasteiger partial charge in [-0.25, -0.2) is 4.98 Å². The van der Waals surface area contributed by atoms with E-state index in [1.165, 1.54) is 12.8 Å². The van der Waals surface area contributed by atoms with Gasteiger partial charge in [0.1, 0.15) is 11.9 Å². The first-order chi connectivity index (χ1) is 14.0. The van der Waals surface area contributed by atoms with Gasteiger partial charge in [0.05, 0.1) is 11.3 Å². The quantitative estimate of drug-likeness (QED) is 0.819. The number of anilines is 1. The van der Waals surface area contributed by atoms with Crippen LogP contribution in [0.2, 0.25) is 0 Å². The van der Waals surface area contributed by atoms with E-state index >= 15 is 0 Å². The molecule has 1 atom stereocenters. The molecule has 1 aliphatic carbocycles. The minimum Gasteiger partial charge on any atom is -0.372 e. The van der Waals surface area contributed by atoms with Crippen LogP contribution >= 0.6 is 0 Å². The summed E-state index contributed by atoms with van der Waals surface area (Å²) in [5.74, 6) is 0.198. The molecule has 2 N–H and O–H groups in total. The highest BCUT2D eigenvalue weighted by Gasteiger charge is 2.45. The van der Waals surface area contributed by atoms with Gasteiger partial charge in [0.25, 0.3) is 5.91 Å². The van der Waals surface area contributed by atoms with Crippen molar-refractivity contribution in [3.63, 3.8) is 0 Å². The molecule has 0 radical (unpaired) electrons. The van der Waals surface area contributed by atoms with E-state index in [2.05, 4.69) is 15.6 Å². The Bertz CT molecular complexity index is 898. The molecule has 1 spiro atoms. The summed E-state index contributed by atoms with van der Waals surface area (Å²) < 4.78 is 0. The van der Waals surface area contributed by atoms with Crippen molar-refractivity contribution in [2.75, 3.05) is 25.5 Å². The van der Waals surface area contributed by atoms with Crippen LogP contribution in [0.5, 0.6) is 0 Å². The van der Waals surface area contributed by atoms with E-state index in [0.717, 1.165) is 37.2 Å². The van der Waals surface area contributed by atoms with Gasteiger partial charge in [-0.05, 0) is 50.2 Å². The summed E-state index contributed by atoms with van der Waals surface area (Å²) in [6.45, 7) is 3.36. The molecule has 2 fully saturated rings. The summed E-state index contributed by atoms with van der Waals surface area (Å²) in [6.07, 6.45) is 4.79. The number of amides is 2. The number of benzene rings is 1. The van der Waals surface area contributed by atoms with Crippen LogP contribution in [0.1, 0.15) is 43.0 Å². The van der Waals surface area contributed by atoms with Gasteiger partial charge in [-0.3, -0.25) is 9.59 Å². The summed E-state index contributed by atoms with van der Waals surface area (Å²) in [4.78, 5) is 32.1. The monoisotopic (exact) mass is 392 g/mol. The van der Waals surface area contributed by atoms with Gasteiger partial charge in [0, 0.05) is 25.7 Å². The molecular formula is C23H28N4O2. The third-order valence-corrected chi connectivity index (χ3v) is 6.26. The Hall–Kier alpha value is -2.89. The van der Waals surface area contributed by atoms with Crippen molar-refractivity contribution in [2.24, 2.45) is 5.41 Å². The van der Waals surface area contributed by atoms with E-state index in [0.29, 0.717) is 16.8 Å². The summed E-state index contributed by atoms with van der Waals surface area (Å²) in [5.41, 5.74) is 2.73. The third kappa shape index (κ3) is 4.11. The average Bonchev–Trinajstić information content (AvgIpc) is 3.52. The van der Waals surface area contributed by atoms with Crippen LogP contribution in [-0.4, -0.2) is 47.9 Å². The van der Waals surface area contributed by atoms with Crippen LogP contribution in [0.25, 0.3) is 11.3 Å². The molecule has 0 bridgehead atoms. The molecule has 6 heteroatoms. The number of carbonyl (C=O) groups excluding carboxylic acids is 2. The van der Waals surface area contributed by atoms with E-state index in [1.807, 2.05) is 41.3 Å². The highest BCUT2D eigenvalue weighted by atomic mass is 16.2. The van der Waals surface area contributed by atoms with Gasteiger partial charge in [-0.15, -0.1) is 0 Å². The Morgan fingerprint density at radius 3 is 2.34 bits per heavy atom. The molecule has 1 saturated carbocycles. The summed E-state index contributed by atoms with van der Waals surface area (Å²) >= 11 is 0. The van der Waals surface area contributed by atoms with E-state index in [1.54, 1.807) is 20.0 Å². The van der Waals surface area contributed by atoms with Crippen molar-refractivity contribution >= 4 is 17.6 Å². The van der Waals surface area contributed by atoms with Crippen molar-refractivity contribution in [3.05, 3.63) is 48.0 Å². The largest absolute Gasteiger partial charge is 0.372 e. The topological polar surface area (TPSA) is 74.3 Å². The Morgan fingerprint density at radius 1 is 1.03 bits per heavy atom. The number of pyridine rings is 1. The molecule has 152 valence electrons. The maximum Gasteiger partial charge on any atom is 0.255 e. The third-order valence-electron chi connectivity index (χ3n) is 6.26. The molecular weight excluding hydrogens is 364 g/mol. The maximum atomic E-state index is 12.8. The summed E-state index contributed by atoms with van der Waals surface area (Å²) in [7, 11) is 1.74. The van der Waals surface area contributed by atoms with Gasteiger partial charge in [0.2, 0.25) is 5.91 Å². The van der Waals surface area contributed by atoms with Crippen LogP contribution in [0.4, 0.5) is 5.82 Å². The lowest BCUT2D eigenvalue weighted by atomic mass is 9.93. The van der Waals surface area contributed by atoms with Crippen molar-refractivity contribution in [1.82, 2.24) is 15.2 Å². The highest BCUT2D eigenvalue weighted by Crippen LogP contribution is 2.53. The first kappa shape index (κ1) is 19.4. The zero-order valence-electron chi connectivity index (χ0n) is 17.1. The van der Waals surface area contributed by atoms with Gasteiger partial charge in [-0.1, -0.05) is 30.3 Å². The molecule has 1 aromatic heterocycles. The zero-order valence-corrected chi connectivity index (χ0v) is 17.1. The second kappa shape index (κ2) is 7.85. The van der Waals surface area contributed by atoms with Crippen LogP contribution in [-0.2, 0) is 4.79 Å². The second-order valence-corrected chi connectivity index (χ2v) is 8.23. The number of aromatic nitrogens is 1. The smallest absolute Gasteiger partial charge is 0.255 e. The van der Waals surface area contributed by atoms with Gasteiger partial charge in [0.15, 0.2) is 0 Å². The van der Waals surface area contributed by atoms with Crippen LogP contribution in [0.3, 0.4) is 0 Å². The molecule has 2 aliphatic rings. The fourth-order valence-electron chi connectivity index (χ4n) is 4.09. The van der Waals surface area contributed by atoms with Gasteiger partial charge >= 0.3 is 0 Å². The SMILES string of the molecule is CNc1nc(-c2ccccc2)ccc1C(=O)N[C@H](C)C(=O)N1CCC2(CC1)CC2. The van der Waals surface area contributed by atoms with Gasteiger partial charge < -0.3 is 15.5 Å². The number of rotatable bonds is 5. The number of nitrogens with one attached hydrogen (secondary N) is 2. The predicted molar refractivity (Wildman–Crippen MR) is 114 cm³/mol. The van der Waals surface area contributed by atoms with Crippen LogP contribution in [0, 0.1) is 5.41 Å². The highest BCUT2D eigenvalue weighted by molar-refractivity contribution is 6.01. The normalized spacial score (nSPS) is 18.2. The van der Waals surface area contributed by atoms with Crippen molar-refractivity contribution < 1.29 is 9.59 Å². The van der Waals surface area contributed by atoms with Crippen molar-refractivity contribution in [3.8, 4) is 11.3 Å². The Kier molecular flexibility index (Phi) is 5.26. The predicted octanol–water partition coefficient (Wildman–Crippen LogP) is 3.31. The minimum absolute atomic E-state index is 0.00581.